The van der Waals surface area contributed by atoms with Crippen molar-refractivity contribution >= 4 is 17.9 Å². The van der Waals surface area contributed by atoms with Crippen LogP contribution in [0.3, 0.4) is 0 Å². The van der Waals surface area contributed by atoms with Gasteiger partial charge in [-0.3, -0.25) is 14.6 Å². The molecule has 2 aromatic carbocycles. The predicted molar refractivity (Wildman–Crippen MR) is 179 cm³/mol. The molecule has 3 aliphatic heterocycles. The van der Waals surface area contributed by atoms with E-state index < -0.39 is 0 Å². The van der Waals surface area contributed by atoms with Crippen molar-refractivity contribution in [3.05, 3.63) is 89.8 Å². The summed E-state index contributed by atoms with van der Waals surface area (Å²) in [6.07, 6.45) is 3.60. The van der Waals surface area contributed by atoms with Crippen molar-refractivity contribution in [2.75, 3.05) is 52.4 Å². The molecular formula is C34H49FN6O3S. The largest absolute Gasteiger partial charge is 0.412 e. The van der Waals surface area contributed by atoms with Gasteiger partial charge in [0, 0.05) is 80.9 Å². The van der Waals surface area contributed by atoms with Crippen LogP contribution in [0.4, 0.5) is 4.39 Å². The SMILES string of the molecule is Cc1ncnc(C)c1C(=O)N1CCC(C)(N2CCN(CC3CNC3)[C@@H](C)C2)CC1.Fc1ccccc1.O.OSc1ccccc1. The summed E-state index contributed by atoms with van der Waals surface area (Å²) in [5.41, 5.74) is 2.43. The minimum Gasteiger partial charge on any atom is -0.412 e. The molecule has 4 N–H and O–H groups in total. The van der Waals surface area contributed by atoms with Crippen LogP contribution in [-0.4, -0.2) is 105 Å². The fourth-order valence-electron chi connectivity index (χ4n) is 6.03. The summed E-state index contributed by atoms with van der Waals surface area (Å²) in [5, 5.41) is 3.39. The first-order valence-electron chi connectivity index (χ1n) is 15.5. The number of nitrogens with one attached hydrogen (secondary N) is 1. The molecule has 9 nitrogen and oxygen atoms in total. The van der Waals surface area contributed by atoms with Gasteiger partial charge >= 0.3 is 0 Å². The molecule has 0 aliphatic carbocycles. The lowest BCUT2D eigenvalue weighted by molar-refractivity contribution is -0.0225. The molecule has 246 valence electrons. The molecule has 1 aromatic heterocycles. The Hall–Kier alpha value is -2.93. The number of hydrogen-bond acceptors (Lipinski definition) is 8. The monoisotopic (exact) mass is 640 g/mol. The average molecular weight is 641 g/mol. The number of nitrogens with zero attached hydrogens (tertiary/aromatic N) is 5. The molecule has 1 atom stereocenters. The molecule has 1 amide bonds. The smallest absolute Gasteiger partial charge is 0.257 e. The van der Waals surface area contributed by atoms with E-state index in [2.05, 4.69) is 38.9 Å². The zero-order valence-electron chi connectivity index (χ0n) is 27.0. The van der Waals surface area contributed by atoms with E-state index in [1.807, 2.05) is 49.1 Å². The number of piperidine rings is 1. The van der Waals surface area contributed by atoms with E-state index in [1.165, 1.54) is 38.1 Å². The van der Waals surface area contributed by atoms with Gasteiger partial charge in [0.15, 0.2) is 0 Å². The second kappa shape index (κ2) is 17.7. The van der Waals surface area contributed by atoms with E-state index in [0.717, 1.165) is 79.8 Å². The maximum absolute atomic E-state index is 13.1. The molecule has 0 bridgehead atoms. The molecule has 0 saturated carbocycles. The van der Waals surface area contributed by atoms with Gasteiger partial charge in [-0.2, -0.15) is 0 Å². The molecule has 0 spiro atoms. The third-order valence-electron chi connectivity index (χ3n) is 9.04. The lowest BCUT2D eigenvalue weighted by Crippen LogP contribution is -2.63. The number of halogens is 1. The van der Waals surface area contributed by atoms with Crippen LogP contribution >= 0.6 is 12.0 Å². The predicted octanol–water partition coefficient (Wildman–Crippen LogP) is 4.57. The van der Waals surface area contributed by atoms with Crippen LogP contribution in [0, 0.1) is 25.6 Å². The number of likely N-dealkylation sites (tertiary alicyclic amines) is 1. The van der Waals surface area contributed by atoms with E-state index in [4.69, 9.17) is 4.55 Å². The quantitative estimate of drug-likeness (QED) is 0.390. The lowest BCUT2D eigenvalue weighted by atomic mass is 9.86. The molecule has 3 aromatic rings. The Morgan fingerprint density at radius 1 is 0.978 bits per heavy atom. The summed E-state index contributed by atoms with van der Waals surface area (Å²) < 4.78 is 20.4. The van der Waals surface area contributed by atoms with Crippen LogP contribution in [0.1, 0.15) is 48.4 Å². The second-order valence-electron chi connectivity index (χ2n) is 12.2. The van der Waals surface area contributed by atoms with Gasteiger partial charge in [0.05, 0.1) is 17.0 Å². The molecular weight excluding hydrogens is 591 g/mol. The van der Waals surface area contributed by atoms with Crippen LogP contribution < -0.4 is 5.32 Å². The summed E-state index contributed by atoms with van der Waals surface area (Å²) in [6, 6.07) is 17.9. The van der Waals surface area contributed by atoms with Crippen LogP contribution in [0.2, 0.25) is 0 Å². The minimum atomic E-state index is -0.178. The Balaban J connectivity index is 0.000000282. The van der Waals surface area contributed by atoms with Gasteiger partial charge in [-0.05, 0) is 70.7 Å². The Morgan fingerprint density at radius 2 is 1.56 bits per heavy atom. The highest BCUT2D eigenvalue weighted by Gasteiger charge is 2.40. The summed E-state index contributed by atoms with van der Waals surface area (Å²) in [7, 11) is 0. The van der Waals surface area contributed by atoms with Crippen LogP contribution in [0.5, 0.6) is 0 Å². The highest BCUT2D eigenvalue weighted by Crippen LogP contribution is 2.32. The average Bonchev–Trinajstić information content (AvgIpc) is 3.01. The van der Waals surface area contributed by atoms with Crippen LogP contribution in [0.15, 0.2) is 71.9 Å². The molecule has 3 fully saturated rings. The fourth-order valence-corrected chi connectivity index (χ4v) is 6.31. The molecule has 6 rings (SSSR count). The Kier molecular flexibility index (Phi) is 14.4. The van der Waals surface area contributed by atoms with Gasteiger partial charge in [-0.25, -0.2) is 14.4 Å². The summed E-state index contributed by atoms with van der Waals surface area (Å²) in [4.78, 5) is 29.8. The number of benzene rings is 2. The van der Waals surface area contributed by atoms with E-state index in [9.17, 15) is 9.18 Å². The Labute approximate surface area is 271 Å². The highest BCUT2D eigenvalue weighted by atomic mass is 32.2. The van der Waals surface area contributed by atoms with E-state index >= 15 is 0 Å². The minimum absolute atomic E-state index is 0. The zero-order chi connectivity index (χ0) is 31.5. The van der Waals surface area contributed by atoms with Crippen molar-refractivity contribution < 1.29 is 19.2 Å². The van der Waals surface area contributed by atoms with Crippen LogP contribution in [0.25, 0.3) is 0 Å². The van der Waals surface area contributed by atoms with E-state index in [1.54, 1.807) is 18.2 Å². The van der Waals surface area contributed by atoms with Crippen molar-refractivity contribution in [1.29, 1.82) is 0 Å². The van der Waals surface area contributed by atoms with Crippen molar-refractivity contribution in [1.82, 2.24) is 30.0 Å². The third-order valence-corrected chi connectivity index (χ3v) is 9.52. The van der Waals surface area contributed by atoms with E-state index in [0.29, 0.717) is 11.6 Å². The summed E-state index contributed by atoms with van der Waals surface area (Å²) >= 11 is 0.769. The normalized spacial score (nSPS) is 20.0. The molecule has 0 radical (unpaired) electrons. The number of hydrogen-bond donors (Lipinski definition) is 2. The van der Waals surface area contributed by atoms with Crippen molar-refractivity contribution in [3.63, 3.8) is 0 Å². The van der Waals surface area contributed by atoms with Gasteiger partial charge in [0.2, 0.25) is 0 Å². The third kappa shape index (κ3) is 10.3. The first-order valence-corrected chi connectivity index (χ1v) is 16.3. The zero-order valence-corrected chi connectivity index (χ0v) is 27.8. The van der Waals surface area contributed by atoms with Gasteiger partial charge in [-0.15, -0.1) is 0 Å². The van der Waals surface area contributed by atoms with Crippen molar-refractivity contribution in [2.24, 2.45) is 5.92 Å². The van der Waals surface area contributed by atoms with Crippen molar-refractivity contribution in [3.8, 4) is 0 Å². The lowest BCUT2D eigenvalue weighted by Gasteiger charge is -2.52. The van der Waals surface area contributed by atoms with Gasteiger partial charge in [0.25, 0.3) is 5.91 Å². The Morgan fingerprint density at radius 3 is 2.00 bits per heavy atom. The van der Waals surface area contributed by atoms with Crippen molar-refractivity contribution in [2.45, 2.75) is 57.0 Å². The number of amides is 1. The number of rotatable bonds is 5. The number of aromatic nitrogens is 2. The molecule has 11 heteroatoms. The second-order valence-corrected chi connectivity index (χ2v) is 12.9. The Bertz CT molecular complexity index is 1290. The number of aryl methyl sites for hydroxylation is 2. The molecule has 3 aliphatic rings. The summed E-state index contributed by atoms with van der Waals surface area (Å²) in [6.45, 7) is 17.2. The number of carbonyl (C=O) groups excluding carboxylic acids is 1. The molecule has 4 heterocycles. The van der Waals surface area contributed by atoms with Gasteiger partial charge in [0.1, 0.15) is 12.1 Å². The summed E-state index contributed by atoms with van der Waals surface area (Å²) in [5.74, 6) is 0.750. The fraction of sp³-hybridized carbons (Fsp3) is 0.500. The molecule has 3 saturated heterocycles. The topological polar surface area (TPSA) is 116 Å². The van der Waals surface area contributed by atoms with Crippen LogP contribution in [-0.2, 0) is 0 Å². The molecule has 0 unspecified atom stereocenters. The number of carbonyl (C=O) groups is 1. The maximum atomic E-state index is 13.1. The first-order chi connectivity index (χ1) is 21.2. The maximum Gasteiger partial charge on any atom is 0.257 e. The van der Waals surface area contributed by atoms with Gasteiger partial charge in [-0.1, -0.05) is 36.4 Å². The first kappa shape index (κ1) is 36.5. The molecule has 45 heavy (non-hydrogen) atoms. The van der Waals surface area contributed by atoms with Gasteiger partial charge < -0.3 is 20.2 Å². The van der Waals surface area contributed by atoms with E-state index in [-0.39, 0.29) is 22.7 Å². The number of piperazine rings is 1. The highest BCUT2D eigenvalue weighted by molar-refractivity contribution is 7.93. The standard InChI is InChI=1S/C22H36N6O.C6H5F.C6H6OS.H2O/c1-16-13-28(10-9-27(16)14-19-11-23-12-19)22(4)5-7-26(8-6-22)21(29)20-17(2)24-15-25-18(20)3;7-6-4-2-1-3-5-6;7-8-6-4-2-1-3-5-6;/h15-16,19,23H,5-14H2,1-4H3;1-5H;1-5,7H;1H2/t16-;;;/m0.../s1.